The summed E-state index contributed by atoms with van der Waals surface area (Å²) in [6.45, 7) is 3.03. The van der Waals surface area contributed by atoms with Crippen LogP contribution in [0.4, 0.5) is 4.79 Å². The van der Waals surface area contributed by atoms with Gasteiger partial charge in [-0.25, -0.2) is 4.79 Å². The zero-order valence-electron chi connectivity index (χ0n) is 18.1. The van der Waals surface area contributed by atoms with Crippen molar-refractivity contribution in [2.45, 2.75) is 26.3 Å². The van der Waals surface area contributed by atoms with E-state index in [0.29, 0.717) is 34.8 Å². The molecule has 33 heavy (non-hydrogen) atoms. The predicted octanol–water partition coefficient (Wildman–Crippen LogP) is 7.84. The number of aryl methyl sites for hydroxylation is 2. The third kappa shape index (κ3) is 4.95. The highest BCUT2D eigenvalue weighted by atomic mass is 35.5. The Morgan fingerprint density at radius 3 is 2.52 bits per heavy atom. The first kappa shape index (κ1) is 23.0. The van der Waals surface area contributed by atoms with Crippen LogP contribution in [0, 0.1) is 6.92 Å². The van der Waals surface area contributed by atoms with Crippen LogP contribution in [0.2, 0.25) is 10.0 Å². The fourth-order valence-corrected chi connectivity index (χ4v) is 4.30. The fourth-order valence-electron chi connectivity index (χ4n) is 3.95. The van der Waals surface area contributed by atoms with Crippen LogP contribution in [-0.4, -0.2) is 22.4 Å². The zero-order chi connectivity index (χ0) is 23.4. The standard InChI is InChI=1S/C26H23Cl2NO4/c1-17-9-2-3-10-18(17)23-19-11-4-5-13-21(19)29(25(23)33-26(30)31)15-6-7-16-32-22-14-8-12-20(27)24(22)28/h2-5,8-14H,6-7,15-16H2,1H3,(H,30,31). The van der Waals surface area contributed by atoms with Crippen LogP contribution in [-0.2, 0) is 6.54 Å². The Kier molecular flexibility index (Phi) is 7.11. The van der Waals surface area contributed by atoms with E-state index in [1.807, 2.05) is 60.0 Å². The number of hydrogen-bond acceptors (Lipinski definition) is 3. The number of aromatic nitrogens is 1. The molecular weight excluding hydrogens is 461 g/mol. The first-order valence-corrected chi connectivity index (χ1v) is 11.4. The van der Waals surface area contributed by atoms with Crippen molar-refractivity contribution < 1.29 is 19.4 Å². The second-order valence-corrected chi connectivity index (χ2v) is 8.42. The number of unbranched alkanes of at least 4 members (excludes halogenated alkanes) is 1. The molecule has 0 aliphatic heterocycles. The number of carbonyl (C=O) groups is 1. The lowest BCUT2D eigenvalue weighted by Crippen LogP contribution is -2.10. The molecule has 5 nitrogen and oxygen atoms in total. The molecule has 0 aliphatic carbocycles. The van der Waals surface area contributed by atoms with Crippen LogP contribution >= 0.6 is 23.2 Å². The van der Waals surface area contributed by atoms with Gasteiger partial charge in [-0.3, -0.25) is 0 Å². The van der Waals surface area contributed by atoms with E-state index < -0.39 is 6.16 Å². The number of para-hydroxylation sites is 1. The second kappa shape index (κ2) is 10.2. The van der Waals surface area contributed by atoms with Gasteiger partial charge in [-0.15, -0.1) is 0 Å². The minimum Gasteiger partial charge on any atom is -0.492 e. The van der Waals surface area contributed by atoms with Gasteiger partial charge in [0, 0.05) is 11.9 Å². The van der Waals surface area contributed by atoms with Crippen molar-refractivity contribution in [2.24, 2.45) is 0 Å². The number of hydrogen-bond donors (Lipinski definition) is 1. The number of rotatable bonds is 8. The van der Waals surface area contributed by atoms with E-state index >= 15 is 0 Å². The van der Waals surface area contributed by atoms with E-state index in [-0.39, 0.29) is 0 Å². The number of carboxylic acid groups (broad SMARTS) is 1. The quantitative estimate of drug-likeness (QED) is 0.204. The Hall–Kier alpha value is -3.15. The van der Waals surface area contributed by atoms with Gasteiger partial charge in [0.2, 0.25) is 5.88 Å². The van der Waals surface area contributed by atoms with Gasteiger partial charge in [0.05, 0.1) is 22.7 Å². The molecule has 0 atom stereocenters. The molecule has 4 aromatic rings. The molecule has 0 saturated heterocycles. The molecule has 0 amide bonds. The summed E-state index contributed by atoms with van der Waals surface area (Å²) >= 11 is 12.2. The molecule has 0 spiro atoms. The summed E-state index contributed by atoms with van der Waals surface area (Å²) in [5.74, 6) is 0.879. The highest BCUT2D eigenvalue weighted by Gasteiger charge is 2.22. The van der Waals surface area contributed by atoms with E-state index in [1.54, 1.807) is 18.2 Å². The highest BCUT2D eigenvalue weighted by molar-refractivity contribution is 6.42. The predicted molar refractivity (Wildman–Crippen MR) is 132 cm³/mol. The first-order valence-electron chi connectivity index (χ1n) is 10.6. The Morgan fingerprint density at radius 2 is 1.73 bits per heavy atom. The lowest BCUT2D eigenvalue weighted by molar-refractivity contribution is 0.141. The van der Waals surface area contributed by atoms with Crippen LogP contribution in [0.3, 0.4) is 0 Å². The summed E-state index contributed by atoms with van der Waals surface area (Å²) in [4.78, 5) is 11.6. The van der Waals surface area contributed by atoms with E-state index in [9.17, 15) is 9.90 Å². The average molecular weight is 484 g/mol. The van der Waals surface area contributed by atoms with E-state index in [4.69, 9.17) is 32.7 Å². The van der Waals surface area contributed by atoms with E-state index in [0.717, 1.165) is 40.4 Å². The maximum Gasteiger partial charge on any atom is 0.512 e. The van der Waals surface area contributed by atoms with Crippen LogP contribution in [0.15, 0.2) is 66.7 Å². The van der Waals surface area contributed by atoms with Gasteiger partial charge < -0.3 is 19.1 Å². The summed E-state index contributed by atoms with van der Waals surface area (Å²) in [5.41, 5.74) is 3.70. The van der Waals surface area contributed by atoms with Crippen LogP contribution < -0.4 is 9.47 Å². The summed E-state index contributed by atoms with van der Waals surface area (Å²) in [7, 11) is 0. The van der Waals surface area contributed by atoms with E-state index in [2.05, 4.69) is 0 Å². The molecule has 1 aromatic heterocycles. The maximum absolute atomic E-state index is 11.6. The molecule has 1 heterocycles. The Labute approximate surface area is 202 Å². The van der Waals surface area contributed by atoms with E-state index in [1.165, 1.54) is 0 Å². The number of nitrogens with zero attached hydrogens (tertiary/aromatic N) is 1. The Bertz CT molecular complexity index is 1300. The molecule has 4 rings (SSSR count). The molecule has 1 N–H and O–H groups in total. The summed E-state index contributed by atoms with van der Waals surface area (Å²) in [5, 5.41) is 11.3. The van der Waals surface area contributed by atoms with Crippen LogP contribution in [0.5, 0.6) is 11.6 Å². The summed E-state index contributed by atoms with van der Waals surface area (Å²) < 4.78 is 13.0. The molecule has 3 aromatic carbocycles. The molecule has 0 aliphatic rings. The molecule has 0 unspecified atom stereocenters. The van der Waals surface area contributed by atoms with Gasteiger partial charge in [0.25, 0.3) is 0 Å². The van der Waals surface area contributed by atoms with Gasteiger partial charge in [0.1, 0.15) is 10.8 Å². The zero-order valence-corrected chi connectivity index (χ0v) is 19.6. The molecule has 0 fully saturated rings. The average Bonchev–Trinajstić information content (AvgIpc) is 3.09. The molecule has 7 heteroatoms. The summed E-state index contributed by atoms with van der Waals surface area (Å²) in [6.07, 6.45) is 0.148. The smallest absolute Gasteiger partial charge is 0.492 e. The highest BCUT2D eigenvalue weighted by Crippen LogP contribution is 2.42. The van der Waals surface area contributed by atoms with Gasteiger partial charge in [-0.05, 0) is 49.1 Å². The maximum atomic E-state index is 11.6. The molecule has 0 radical (unpaired) electrons. The van der Waals surface area contributed by atoms with Crippen molar-refractivity contribution in [2.75, 3.05) is 6.61 Å². The molecule has 0 bridgehead atoms. The SMILES string of the molecule is Cc1ccccc1-c1c(OC(=O)O)n(CCCCOc2cccc(Cl)c2Cl)c2ccccc12. The van der Waals surface area contributed by atoms with Crippen molar-refractivity contribution in [3.63, 3.8) is 0 Å². The van der Waals surface area contributed by atoms with Crippen molar-refractivity contribution in [3.05, 3.63) is 82.3 Å². The Balaban J connectivity index is 1.60. The minimum atomic E-state index is -1.34. The summed E-state index contributed by atoms with van der Waals surface area (Å²) in [6, 6.07) is 21.0. The minimum absolute atomic E-state index is 0.330. The van der Waals surface area contributed by atoms with Crippen molar-refractivity contribution >= 4 is 40.3 Å². The topological polar surface area (TPSA) is 60.7 Å². The number of fused-ring (bicyclic) bond motifs is 1. The molecular formula is C26H23Cl2NO4. The second-order valence-electron chi connectivity index (χ2n) is 7.64. The number of halogens is 2. The third-order valence-electron chi connectivity index (χ3n) is 5.47. The lowest BCUT2D eigenvalue weighted by atomic mass is 10.00. The number of ether oxygens (including phenoxy) is 2. The largest absolute Gasteiger partial charge is 0.512 e. The van der Waals surface area contributed by atoms with Gasteiger partial charge in [-0.2, -0.15) is 0 Å². The van der Waals surface area contributed by atoms with Gasteiger partial charge in [-0.1, -0.05) is 71.7 Å². The van der Waals surface area contributed by atoms with Crippen molar-refractivity contribution in [1.29, 1.82) is 0 Å². The monoisotopic (exact) mass is 483 g/mol. The molecule has 0 saturated carbocycles. The third-order valence-corrected chi connectivity index (χ3v) is 6.27. The van der Waals surface area contributed by atoms with Crippen molar-refractivity contribution in [1.82, 2.24) is 4.57 Å². The normalized spacial score (nSPS) is 11.0. The Morgan fingerprint density at radius 1 is 0.970 bits per heavy atom. The van der Waals surface area contributed by atoms with Gasteiger partial charge >= 0.3 is 6.16 Å². The van der Waals surface area contributed by atoms with Crippen LogP contribution in [0.1, 0.15) is 18.4 Å². The molecule has 170 valence electrons. The first-order chi connectivity index (χ1) is 16.0. The number of benzene rings is 3. The lowest BCUT2D eigenvalue weighted by Gasteiger charge is -2.12. The fraction of sp³-hybridized carbons (Fsp3) is 0.192. The van der Waals surface area contributed by atoms with Gasteiger partial charge in [0.15, 0.2) is 0 Å². The van der Waals surface area contributed by atoms with Crippen LogP contribution in [0.25, 0.3) is 22.0 Å². The van der Waals surface area contributed by atoms with Crippen molar-refractivity contribution in [3.8, 4) is 22.8 Å².